The van der Waals surface area contributed by atoms with Crippen molar-refractivity contribution in [3.63, 3.8) is 0 Å². The van der Waals surface area contributed by atoms with Gasteiger partial charge in [-0.3, -0.25) is 4.98 Å². The summed E-state index contributed by atoms with van der Waals surface area (Å²) >= 11 is 0. The van der Waals surface area contributed by atoms with E-state index in [0.717, 1.165) is 17.2 Å². The van der Waals surface area contributed by atoms with Crippen LogP contribution in [0.25, 0.3) is 17.6 Å². The Morgan fingerprint density at radius 2 is 2.25 bits per heavy atom. The number of pyridine rings is 1. The predicted molar refractivity (Wildman–Crippen MR) is 65.7 cm³/mol. The summed E-state index contributed by atoms with van der Waals surface area (Å²) in [6, 6.07) is 5.70. The molecule has 4 heteroatoms. The normalized spacial score (nSPS) is 10.1. The average Bonchev–Trinajstić information content (AvgIpc) is 2.66. The van der Waals surface area contributed by atoms with Crippen molar-refractivity contribution < 1.29 is 0 Å². The Bertz CT molecular complexity index is 525. The number of nitrogens with zero attached hydrogens (tertiary/aromatic N) is 4. The first-order valence-corrected chi connectivity index (χ1v) is 4.85. The van der Waals surface area contributed by atoms with Crippen LogP contribution in [0, 0.1) is 0 Å². The number of aromatic nitrogens is 3. The number of aliphatic imine (C=N–C) groups is 1. The van der Waals surface area contributed by atoms with Gasteiger partial charge in [0, 0.05) is 13.2 Å². The molecule has 2 aromatic heterocycles. The Labute approximate surface area is 94.0 Å². The molecule has 0 aliphatic rings. The summed E-state index contributed by atoms with van der Waals surface area (Å²) in [4.78, 5) is 12.6. The van der Waals surface area contributed by atoms with Crippen LogP contribution in [0.15, 0.2) is 36.0 Å². The minimum Gasteiger partial charge on any atom is -0.311 e. The van der Waals surface area contributed by atoms with Crippen LogP contribution in [-0.2, 0) is 7.05 Å². The van der Waals surface area contributed by atoms with Crippen molar-refractivity contribution in [1.29, 1.82) is 0 Å². The van der Waals surface area contributed by atoms with Gasteiger partial charge in [0.15, 0.2) is 11.6 Å². The molecule has 0 N–H and O–H groups in total. The second-order valence-electron chi connectivity index (χ2n) is 3.28. The second-order valence-corrected chi connectivity index (χ2v) is 3.28. The van der Waals surface area contributed by atoms with Crippen LogP contribution in [0.5, 0.6) is 0 Å². The summed E-state index contributed by atoms with van der Waals surface area (Å²) in [5, 5.41) is 0. The molecule has 0 amide bonds. The van der Waals surface area contributed by atoms with Gasteiger partial charge < -0.3 is 4.57 Å². The molecule has 0 spiro atoms. The first-order valence-electron chi connectivity index (χ1n) is 4.85. The summed E-state index contributed by atoms with van der Waals surface area (Å²) in [5.41, 5.74) is 1.53. The molecule has 0 bridgehead atoms. The van der Waals surface area contributed by atoms with Gasteiger partial charge in [0.2, 0.25) is 0 Å². The summed E-state index contributed by atoms with van der Waals surface area (Å²) in [5.74, 6) is 1.47. The lowest BCUT2D eigenvalue weighted by Crippen LogP contribution is -1.93. The van der Waals surface area contributed by atoms with Crippen LogP contribution in [0.3, 0.4) is 0 Å². The standard InChI is InChI=1S/C12H12N4/c1-4-9-11(13-2)16(3)12(15-9)10-7-5-6-8-14-10/h4-8H,1-2H2,3H3. The third-order valence-electron chi connectivity index (χ3n) is 2.33. The maximum Gasteiger partial charge on any atom is 0.160 e. The number of rotatable bonds is 3. The van der Waals surface area contributed by atoms with E-state index < -0.39 is 0 Å². The Morgan fingerprint density at radius 3 is 2.75 bits per heavy atom. The van der Waals surface area contributed by atoms with Gasteiger partial charge in [-0.1, -0.05) is 12.6 Å². The molecule has 80 valence electrons. The average molecular weight is 212 g/mol. The molecule has 0 aromatic carbocycles. The molecule has 2 aromatic rings. The fourth-order valence-electron chi connectivity index (χ4n) is 1.56. The lowest BCUT2D eigenvalue weighted by atomic mass is 10.3. The fourth-order valence-corrected chi connectivity index (χ4v) is 1.56. The van der Waals surface area contributed by atoms with Crippen LogP contribution < -0.4 is 0 Å². The largest absolute Gasteiger partial charge is 0.311 e. The van der Waals surface area contributed by atoms with Gasteiger partial charge in [0.05, 0.1) is 0 Å². The zero-order valence-corrected chi connectivity index (χ0v) is 9.09. The van der Waals surface area contributed by atoms with Gasteiger partial charge in [0.25, 0.3) is 0 Å². The lowest BCUT2D eigenvalue weighted by molar-refractivity contribution is 0.917. The lowest BCUT2D eigenvalue weighted by Gasteiger charge is -2.01. The molecule has 0 atom stereocenters. The van der Waals surface area contributed by atoms with E-state index in [1.165, 1.54) is 0 Å². The second kappa shape index (κ2) is 4.10. The highest BCUT2D eigenvalue weighted by Crippen LogP contribution is 2.25. The molecule has 2 rings (SSSR count). The summed E-state index contributed by atoms with van der Waals surface area (Å²) in [6.45, 7) is 7.23. The zero-order valence-electron chi connectivity index (χ0n) is 9.09. The number of hydrogen-bond acceptors (Lipinski definition) is 3. The first-order chi connectivity index (χ1) is 7.77. The SMILES string of the molecule is C=Cc1nc(-c2ccccn2)n(C)c1N=C. The van der Waals surface area contributed by atoms with Crippen molar-refractivity contribution in [2.24, 2.45) is 12.0 Å². The highest BCUT2D eigenvalue weighted by Gasteiger charge is 2.13. The molecule has 0 unspecified atom stereocenters. The molecule has 16 heavy (non-hydrogen) atoms. The van der Waals surface area contributed by atoms with Crippen LogP contribution in [-0.4, -0.2) is 21.3 Å². The molecule has 0 saturated heterocycles. The van der Waals surface area contributed by atoms with Crippen molar-refractivity contribution >= 4 is 18.6 Å². The third-order valence-corrected chi connectivity index (χ3v) is 2.33. The maximum absolute atomic E-state index is 4.42. The van der Waals surface area contributed by atoms with Crippen LogP contribution >= 0.6 is 0 Å². The predicted octanol–water partition coefficient (Wildman–Crippen LogP) is 2.46. The van der Waals surface area contributed by atoms with Crippen molar-refractivity contribution in [2.45, 2.75) is 0 Å². The van der Waals surface area contributed by atoms with Gasteiger partial charge in [0.1, 0.15) is 11.4 Å². The third kappa shape index (κ3) is 1.54. The molecular formula is C12H12N4. The monoisotopic (exact) mass is 212 g/mol. The van der Waals surface area contributed by atoms with E-state index in [1.54, 1.807) is 12.3 Å². The minimum atomic E-state index is 0.704. The molecule has 0 fully saturated rings. The Balaban J connectivity index is 2.63. The van der Waals surface area contributed by atoms with Crippen molar-refractivity contribution in [3.05, 3.63) is 36.7 Å². The Morgan fingerprint density at radius 1 is 1.44 bits per heavy atom. The molecular weight excluding hydrogens is 200 g/mol. The van der Waals surface area contributed by atoms with Crippen molar-refractivity contribution in [2.75, 3.05) is 0 Å². The quantitative estimate of drug-likeness (QED) is 0.733. The van der Waals surface area contributed by atoms with Gasteiger partial charge in [-0.25, -0.2) is 9.98 Å². The van der Waals surface area contributed by atoms with Crippen LogP contribution in [0.2, 0.25) is 0 Å². The van der Waals surface area contributed by atoms with Crippen molar-refractivity contribution in [1.82, 2.24) is 14.5 Å². The molecule has 0 saturated carbocycles. The molecule has 4 nitrogen and oxygen atoms in total. The molecule has 0 aliphatic carbocycles. The Hall–Kier alpha value is -2.23. The number of hydrogen-bond donors (Lipinski definition) is 0. The highest BCUT2D eigenvalue weighted by molar-refractivity contribution is 5.65. The van der Waals surface area contributed by atoms with E-state index in [-0.39, 0.29) is 0 Å². The summed E-state index contributed by atoms with van der Waals surface area (Å²) in [7, 11) is 1.88. The molecule has 2 heterocycles. The van der Waals surface area contributed by atoms with Crippen LogP contribution in [0.1, 0.15) is 5.69 Å². The maximum atomic E-state index is 4.42. The van der Waals surface area contributed by atoms with Crippen LogP contribution in [0.4, 0.5) is 5.82 Å². The first kappa shape index (κ1) is 10.3. The zero-order chi connectivity index (χ0) is 11.5. The van der Waals surface area contributed by atoms with Crippen molar-refractivity contribution in [3.8, 4) is 11.5 Å². The molecule has 0 aliphatic heterocycles. The minimum absolute atomic E-state index is 0.704. The van der Waals surface area contributed by atoms with E-state index in [9.17, 15) is 0 Å². The van der Waals surface area contributed by atoms with E-state index in [4.69, 9.17) is 0 Å². The van der Waals surface area contributed by atoms with E-state index >= 15 is 0 Å². The van der Waals surface area contributed by atoms with Gasteiger partial charge in [-0.2, -0.15) is 0 Å². The smallest absolute Gasteiger partial charge is 0.160 e. The van der Waals surface area contributed by atoms with Gasteiger partial charge in [-0.05, 0) is 24.9 Å². The van der Waals surface area contributed by atoms with Gasteiger partial charge >= 0.3 is 0 Å². The topological polar surface area (TPSA) is 43.1 Å². The number of imidazole rings is 1. The molecule has 0 radical (unpaired) electrons. The Kier molecular flexibility index (Phi) is 2.64. The van der Waals surface area contributed by atoms with E-state index in [1.807, 2.05) is 29.8 Å². The fraction of sp³-hybridized carbons (Fsp3) is 0.0833. The summed E-state index contributed by atoms with van der Waals surface area (Å²) < 4.78 is 1.85. The summed E-state index contributed by atoms with van der Waals surface area (Å²) in [6.07, 6.45) is 3.40. The highest BCUT2D eigenvalue weighted by atomic mass is 15.1. The van der Waals surface area contributed by atoms with Gasteiger partial charge in [-0.15, -0.1) is 0 Å². The van der Waals surface area contributed by atoms with E-state index in [2.05, 4.69) is 28.3 Å². The van der Waals surface area contributed by atoms with E-state index in [0.29, 0.717) is 5.82 Å².